The van der Waals surface area contributed by atoms with E-state index in [1.165, 1.54) is 22.7 Å². The standard InChI is InChI=1S/C11H12N4O2S2/c1-13-11-15-8(9(12)17)10(19-11)14-7(16)5-6-3-2-4-18-6/h2-4H,5H2,1H3,(H2,12,17)(H,13,15)(H,14,16). The number of hydrogen-bond donors (Lipinski definition) is 3. The van der Waals surface area contributed by atoms with Crippen LogP contribution in [-0.2, 0) is 11.2 Å². The van der Waals surface area contributed by atoms with Crippen LogP contribution in [0.15, 0.2) is 17.5 Å². The van der Waals surface area contributed by atoms with Crippen LogP contribution in [0.25, 0.3) is 0 Å². The number of nitrogens with zero attached hydrogens (tertiary/aromatic N) is 1. The molecule has 0 bridgehead atoms. The number of anilines is 2. The lowest BCUT2D eigenvalue weighted by molar-refractivity contribution is -0.115. The number of primary amides is 1. The molecule has 2 heterocycles. The number of hydrogen-bond acceptors (Lipinski definition) is 6. The fourth-order valence-corrected chi connectivity index (χ4v) is 2.96. The summed E-state index contributed by atoms with van der Waals surface area (Å²) in [5.41, 5.74) is 5.30. The molecule has 0 saturated heterocycles. The zero-order valence-corrected chi connectivity index (χ0v) is 11.7. The van der Waals surface area contributed by atoms with E-state index in [1.54, 1.807) is 7.05 Å². The molecule has 8 heteroatoms. The topological polar surface area (TPSA) is 97.1 Å². The highest BCUT2D eigenvalue weighted by Crippen LogP contribution is 2.28. The molecule has 0 fully saturated rings. The van der Waals surface area contributed by atoms with E-state index < -0.39 is 5.91 Å². The van der Waals surface area contributed by atoms with Crippen molar-refractivity contribution in [3.05, 3.63) is 28.1 Å². The predicted molar refractivity (Wildman–Crippen MR) is 76.8 cm³/mol. The van der Waals surface area contributed by atoms with Gasteiger partial charge in [-0.15, -0.1) is 11.3 Å². The number of carbonyl (C=O) groups excluding carboxylic acids is 2. The van der Waals surface area contributed by atoms with Crippen LogP contribution in [0.4, 0.5) is 10.1 Å². The largest absolute Gasteiger partial charge is 0.365 e. The van der Waals surface area contributed by atoms with Gasteiger partial charge in [0.15, 0.2) is 10.8 Å². The Bertz CT molecular complexity index is 592. The van der Waals surface area contributed by atoms with E-state index in [0.717, 1.165) is 4.88 Å². The van der Waals surface area contributed by atoms with Crippen molar-refractivity contribution >= 4 is 44.6 Å². The van der Waals surface area contributed by atoms with E-state index in [0.29, 0.717) is 10.1 Å². The van der Waals surface area contributed by atoms with Crippen LogP contribution in [0.1, 0.15) is 15.4 Å². The molecule has 2 amide bonds. The van der Waals surface area contributed by atoms with Crippen LogP contribution in [-0.4, -0.2) is 23.8 Å². The Balaban J connectivity index is 2.11. The van der Waals surface area contributed by atoms with E-state index in [2.05, 4.69) is 15.6 Å². The first kappa shape index (κ1) is 13.5. The van der Waals surface area contributed by atoms with Crippen molar-refractivity contribution in [3.63, 3.8) is 0 Å². The van der Waals surface area contributed by atoms with Gasteiger partial charge >= 0.3 is 0 Å². The second-order valence-electron chi connectivity index (χ2n) is 3.62. The Morgan fingerprint density at radius 2 is 2.26 bits per heavy atom. The Labute approximate surface area is 117 Å². The maximum Gasteiger partial charge on any atom is 0.270 e. The summed E-state index contributed by atoms with van der Waals surface area (Å²) in [7, 11) is 1.68. The van der Waals surface area contributed by atoms with Crippen LogP contribution in [0, 0.1) is 0 Å². The highest BCUT2D eigenvalue weighted by Gasteiger charge is 2.17. The molecular weight excluding hydrogens is 284 g/mol. The molecule has 0 aliphatic heterocycles. The first-order chi connectivity index (χ1) is 9.10. The number of amides is 2. The molecule has 0 unspecified atom stereocenters. The quantitative estimate of drug-likeness (QED) is 0.779. The molecule has 6 nitrogen and oxygen atoms in total. The lowest BCUT2D eigenvalue weighted by Gasteiger charge is -2.01. The zero-order chi connectivity index (χ0) is 13.8. The van der Waals surface area contributed by atoms with Gasteiger partial charge in [0.05, 0.1) is 6.42 Å². The highest BCUT2D eigenvalue weighted by molar-refractivity contribution is 7.20. The zero-order valence-electron chi connectivity index (χ0n) is 10.1. The summed E-state index contributed by atoms with van der Waals surface area (Å²) in [6.07, 6.45) is 0.267. The number of carbonyl (C=O) groups is 2. The summed E-state index contributed by atoms with van der Waals surface area (Å²) in [5, 5.41) is 8.29. The van der Waals surface area contributed by atoms with Crippen LogP contribution in [0.3, 0.4) is 0 Å². The summed E-state index contributed by atoms with van der Waals surface area (Å²) < 4.78 is 0. The van der Waals surface area contributed by atoms with Crippen molar-refractivity contribution < 1.29 is 9.59 Å². The number of aromatic nitrogens is 1. The minimum absolute atomic E-state index is 0.0777. The average molecular weight is 296 g/mol. The first-order valence-corrected chi connectivity index (χ1v) is 7.10. The predicted octanol–water partition coefficient (Wildman–Crippen LogP) is 1.53. The molecule has 0 spiro atoms. The molecule has 0 radical (unpaired) electrons. The maximum atomic E-state index is 11.9. The molecular formula is C11H12N4O2S2. The maximum absolute atomic E-state index is 11.9. The Morgan fingerprint density at radius 1 is 1.47 bits per heavy atom. The normalized spacial score (nSPS) is 10.2. The number of thiophene rings is 1. The minimum Gasteiger partial charge on any atom is -0.365 e. The SMILES string of the molecule is CNc1nc(C(N)=O)c(NC(=O)Cc2cccs2)s1. The molecule has 0 aliphatic carbocycles. The summed E-state index contributed by atoms with van der Waals surface area (Å²) in [6, 6.07) is 3.76. The van der Waals surface area contributed by atoms with Gasteiger partial charge in [-0.25, -0.2) is 4.98 Å². The van der Waals surface area contributed by atoms with E-state index in [9.17, 15) is 9.59 Å². The highest BCUT2D eigenvalue weighted by atomic mass is 32.1. The molecule has 0 saturated carbocycles. The molecule has 2 aromatic heterocycles. The second kappa shape index (κ2) is 5.81. The van der Waals surface area contributed by atoms with Crippen molar-refractivity contribution in [1.82, 2.24) is 4.98 Å². The third kappa shape index (κ3) is 3.30. The van der Waals surface area contributed by atoms with E-state index in [1.807, 2.05) is 17.5 Å². The van der Waals surface area contributed by atoms with E-state index in [-0.39, 0.29) is 18.0 Å². The smallest absolute Gasteiger partial charge is 0.270 e. The summed E-state index contributed by atoms with van der Waals surface area (Å²) in [5.74, 6) is -0.861. The van der Waals surface area contributed by atoms with Crippen molar-refractivity contribution in [2.24, 2.45) is 5.73 Å². The second-order valence-corrected chi connectivity index (χ2v) is 5.65. The minimum atomic E-state index is -0.663. The Morgan fingerprint density at radius 3 is 2.84 bits per heavy atom. The van der Waals surface area contributed by atoms with Gasteiger partial charge in [-0.05, 0) is 11.4 Å². The molecule has 4 N–H and O–H groups in total. The van der Waals surface area contributed by atoms with Gasteiger partial charge in [0.25, 0.3) is 5.91 Å². The van der Waals surface area contributed by atoms with Gasteiger partial charge in [0.1, 0.15) is 5.00 Å². The average Bonchev–Trinajstić information content (AvgIpc) is 2.98. The fourth-order valence-electron chi connectivity index (χ4n) is 1.42. The third-order valence-electron chi connectivity index (χ3n) is 2.24. The summed E-state index contributed by atoms with van der Waals surface area (Å²) >= 11 is 2.68. The number of rotatable bonds is 5. The monoisotopic (exact) mass is 296 g/mol. The van der Waals surface area contributed by atoms with Gasteiger partial charge in [0.2, 0.25) is 5.91 Å². The Kier molecular flexibility index (Phi) is 4.13. The van der Waals surface area contributed by atoms with Gasteiger partial charge in [0, 0.05) is 11.9 Å². The molecule has 19 heavy (non-hydrogen) atoms. The van der Waals surface area contributed by atoms with Crippen LogP contribution in [0.2, 0.25) is 0 Å². The van der Waals surface area contributed by atoms with E-state index in [4.69, 9.17) is 5.73 Å². The molecule has 2 aromatic rings. The van der Waals surface area contributed by atoms with Crippen LogP contribution in [0.5, 0.6) is 0 Å². The Hall–Kier alpha value is -1.93. The summed E-state index contributed by atoms with van der Waals surface area (Å²) in [4.78, 5) is 28.0. The molecule has 0 aliphatic rings. The van der Waals surface area contributed by atoms with Crippen molar-refractivity contribution in [3.8, 4) is 0 Å². The van der Waals surface area contributed by atoms with Crippen LogP contribution < -0.4 is 16.4 Å². The van der Waals surface area contributed by atoms with E-state index >= 15 is 0 Å². The molecule has 100 valence electrons. The van der Waals surface area contributed by atoms with Gasteiger partial charge in [-0.2, -0.15) is 0 Å². The molecule has 0 atom stereocenters. The van der Waals surface area contributed by atoms with Crippen molar-refractivity contribution in [2.45, 2.75) is 6.42 Å². The van der Waals surface area contributed by atoms with Crippen molar-refractivity contribution in [2.75, 3.05) is 17.7 Å². The van der Waals surface area contributed by atoms with Crippen LogP contribution >= 0.6 is 22.7 Å². The summed E-state index contributed by atoms with van der Waals surface area (Å²) in [6.45, 7) is 0. The van der Waals surface area contributed by atoms with Gasteiger partial charge in [-0.1, -0.05) is 17.4 Å². The van der Waals surface area contributed by atoms with Gasteiger partial charge < -0.3 is 16.4 Å². The number of nitrogens with one attached hydrogen (secondary N) is 2. The fraction of sp³-hybridized carbons (Fsp3) is 0.182. The van der Waals surface area contributed by atoms with Crippen molar-refractivity contribution in [1.29, 1.82) is 0 Å². The lowest BCUT2D eigenvalue weighted by atomic mass is 10.3. The first-order valence-electron chi connectivity index (χ1n) is 5.40. The molecule has 0 aromatic carbocycles. The number of thiazole rings is 1. The van der Waals surface area contributed by atoms with Gasteiger partial charge in [-0.3, -0.25) is 9.59 Å². The number of nitrogens with two attached hydrogens (primary N) is 1. The third-order valence-corrected chi connectivity index (χ3v) is 4.11. The lowest BCUT2D eigenvalue weighted by Crippen LogP contribution is -2.18. The molecule has 2 rings (SSSR count).